The van der Waals surface area contributed by atoms with Crippen molar-refractivity contribution in [2.45, 2.75) is 5.06 Å². The second-order valence-electron chi connectivity index (χ2n) is 5.61. The molecule has 0 heterocycles. The number of hydrogen-bond donors (Lipinski definition) is 3. The SMILES string of the molecule is Nc1ccccc1NC1=CC(O)(Cl)C(C(=O)c2ccccc2)C=C1. The molecule has 24 heavy (non-hydrogen) atoms. The van der Waals surface area contributed by atoms with Crippen LogP contribution in [-0.4, -0.2) is 16.0 Å². The Morgan fingerprint density at radius 2 is 1.79 bits per heavy atom. The Morgan fingerprint density at radius 3 is 2.46 bits per heavy atom. The van der Waals surface area contributed by atoms with Crippen LogP contribution in [0.2, 0.25) is 0 Å². The number of para-hydroxylation sites is 2. The number of carbonyl (C=O) groups is 1. The van der Waals surface area contributed by atoms with Crippen LogP contribution in [0, 0.1) is 5.92 Å². The topological polar surface area (TPSA) is 75.3 Å². The van der Waals surface area contributed by atoms with E-state index >= 15 is 0 Å². The number of nitrogens with one attached hydrogen (secondary N) is 1. The molecule has 122 valence electrons. The van der Waals surface area contributed by atoms with E-state index in [1.807, 2.05) is 24.3 Å². The molecule has 0 spiro atoms. The van der Waals surface area contributed by atoms with Crippen LogP contribution in [0.4, 0.5) is 11.4 Å². The first-order chi connectivity index (χ1) is 11.5. The zero-order chi connectivity index (χ0) is 17.2. The van der Waals surface area contributed by atoms with Crippen molar-refractivity contribution >= 4 is 28.8 Å². The van der Waals surface area contributed by atoms with Crippen LogP contribution in [0.1, 0.15) is 10.4 Å². The molecule has 0 fully saturated rings. The fourth-order valence-electron chi connectivity index (χ4n) is 2.59. The second kappa shape index (κ2) is 6.51. The first kappa shape index (κ1) is 16.3. The lowest BCUT2D eigenvalue weighted by molar-refractivity contribution is 0.0762. The van der Waals surface area contributed by atoms with Gasteiger partial charge in [-0.1, -0.05) is 60.1 Å². The van der Waals surface area contributed by atoms with Crippen LogP contribution in [0.15, 0.2) is 78.5 Å². The summed E-state index contributed by atoms with van der Waals surface area (Å²) in [5.41, 5.74) is 8.25. The maximum atomic E-state index is 12.6. The zero-order valence-electron chi connectivity index (χ0n) is 12.8. The Hall–Kier alpha value is -2.56. The van der Waals surface area contributed by atoms with Gasteiger partial charge in [0.2, 0.25) is 0 Å². The van der Waals surface area contributed by atoms with Crippen molar-refractivity contribution in [1.29, 1.82) is 0 Å². The summed E-state index contributed by atoms with van der Waals surface area (Å²) >= 11 is 6.22. The third-order valence-electron chi connectivity index (χ3n) is 3.84. The van der Waals surface area contributed by atoms with E-state index in [1.165, 1.54) is 6.08 Å². The minimum absolute atomic E-state index is 0.237. The molecule has 0 saturated carbocycles. The highest BCUT2D eigenvalue weighted by molar-refractivity contribution is 6.27. The van der Waals surface area contributed by atoms with E-state index in [4.69, 9.17) is 17.3 Å². The molecule has 0 amide bonds. The Labute approximate surface area is 145 Å². The number of aliphatic hydroxyl groups is 1. The fourth-order valence-corrected chi connectivity index (χ4v) is 2.88. The molecule has 5 heteroatoms. The lowest BCUT2D eigenvalue weighted by Gasteiger charge is -2.29. The van der Waals surface area contributed by atoms with Crippen molar-refractivity contribution in [2.24, 2.45) is 5.92 Å². The third-order valence-corrected chi connectivity index (χ3v) is 4.19. The summed E-state index contributed by atoms with van der Waals surface area (Å²) in [7, 11) is 0. The molecule has 0 radical (unpaired) electrons. The van der Waals surface area contributed by atoms with Crippen LogP contribution in [0.3, 0.4) is 0 Å². The van der Waals surface area contributed by atoms with E-state index in [9.17, 15) is 9.90 Å². The van der Waals surface area contributed by atoms with Gasteiger partial charge in [0, 0.05) is 11.3 Å². The highest BCUT2D eigenvalue weighted by Gasteiger charge is 2.39. The first-order valence-corrected chi connectivity index (χ1v) is 7.88. The largest absolute Gasteiger partial charge is 0.397 e. The normalized spacial score (nSPS) is 22.8. The predicted molar refractivity (Wildman–Crippen MR) is 96.8 cm³/mol. The van der Waals surface area contributed by atoms with Gasteiger partial charge >= 0.3 is 0 Å². The third kappa shape index (κ3) is 3.35. The summed E-state index contributed by atoms with van der Waals surface area (Å²) in [5.74, 6) is -1.10. The van der Waals surface area contributed by atoms with E-state index in [0.29, 0.717) is 22.6 Å². The number of benzene rings is 2. The quantitative estimate of drug-likeness (QED) is 0.452. The fraction of sp³-hybridized carbons (Fsp3) is 0.105. The molecule has 2 aromatic rings. The zero-order valence-corrected chi connectivity index (χ0v) is 13.6. The molecule has 2 atom stereocenters. The van der Waals surface area contributed by atoms with Crippen LogP contribution in [0.25, 0.3) is 0 Å². The molecule has 1 aliphatic rings. The van der Waals surface area contributed by atoms with Crippen LogP contribution < -0.4 is 11.1 Å². The van der Waals surface area contributed by atoms with Crippen LogP contribution in [0.5, 0.6) is 0 Å². The van der Waals surface area contributed by atoms with Crippen molar-refractivity contribution in [1.82, 2.24) is 0 Å². The smallest absolute Gasteiger partial charge is 0.174 e. The molecule has 0 aliphatic heterocycles. The highest BCUT2D eigenvalue weighted by atomic mass is 35.5. The standard InChI is InChI=1S/C19H17ClN2O2/c20-19(24)12-14(22-17-9-5-4-8-16(17)21)10-11-15(19)18(23)13-6-2-1-3-7-13/h1-12,15,22,24H,21H2. The molecule has 4 nitrogen and oxygen atoms in total. The van der Waals surface area contributed by atoms with Gasteiger partial charge in [-0.2, -0.15) is 0 Å². The number of hydrogen-bond acceptors (Lipinski definition) is 4. The molecule has 0 aromatic heterocycles. The average molecular weight is 341 g/mol. The summed E-state index contributed by atoms with van der Waals surface area (Å²) in [4.78, 5) is 12.6. The number of halogens is 1. The monoisotopic (exact) mass is 340 g/mol. The molecular weight excluding hydrogens is 324 g/mol. The maximum absolute atomic E-state index is 12.6. The summed E-state index contributed by atoms with van der Waals surface area (Å²) in [6.45, 7) is 0. The molecule has 3 rings (SSSR count). The van der Waals surface area contributed by atoms with Gasteiger partial charge in [-0.15, -0.1) is 0 Å². The second-order valence-corrected chi connectivity index (χ2v) is 6.21. The number of rotatable bonds is 4. The summed E-state index contributed by atoms with van der Waals surface area (Å²) in [5, 5.41) is 11.8. The van der Waals surface area contributed by atoms with E-state index in [-0.39, 0.29) is 5.78 Å². The molecule has 1 aliphatic carbocycles. The number of nitrogen functional groups attached to an aromatic ring is 1. The number of carbonyl (C=O) groups excluding carboxylic acids is 1. The lowest BCUT2D eigenvalue weighted by Crippen LogP contribution is -2.37. The van der Waals surface area contributed by atoms with E-state index in [0.717, 1.165) is 0 Å². The first-order valence-electron chi connectivity index (χ1n) is 7.50. The summed E-state index contributed by atoms with van der Waals surface area (Å²) in [6.07, 6.45) is 4.74. The summed E-state index contributed by atoms with van der Waals surface area (Å²) < 4.78 is 0. The van der Waals surface area contributed by atoms with Crippen molar-refractivity contribution in [3.63, 3.8) is 0 Å². The number of Topliss-reactive ketones (excluding diaryl/α,β-unsaturated/α-hetero) is 1. The molecule has 2 unspecified atom stereocenters. The van der Waals surface area contributed by atoms with Gasteiger partial charge < -0.3 is 16.2 Å². The Kier molecular flexibility index (Phi) is 4.42. The highest BCUT2D eigenvalue weighted by Crippen LogP contribution is 2.34. The minimum Gasteiger partial charge on any atom is -0.397 e. The van der Waals surface area contributed by atoms with Gasteiger partial charge in [-0.25, -0.2) is 0 Å². The van der Waals surface area contributed by atoms with Crippen molar-refractivity contribution in [3.8, 4) is 0 Å². The lowest BCUT2D eigenvalue weighted by atomic mass is 9.88. The van der Waals surface area contributed by atoms with E-state index in [1.54, 1.807) is 42.5 Å². The number of allylic oxidation sites excluding steroid dienone is 1. The number of anilines is 2. The number of ketones is 1. The van der Waals surface area contributed by atoms with Gasteiger partial charge in [0.15, 0.2) is 10.8 Å². The van der Waals surface area contributed by atoms with Crippen molar-refractivity contribution < 1.29 is 9.90 Å². The predicted octanol–water partition coefficient (Wildman–Crippen LogP) is 3.56. The molecule has 4 N–H and O–H groups in total. The minimum atomic E-state index is -1.81. The Morgan fingerprint density at radius 1 is 1.12 bits per heavy atom. The van der Waals surface area contributed by atoms with Gasteiger partial charge in [0.05, 0.1) is 17.3 Å². The van der Waals surface area contributed by atoms with Crippen LogP contribution in [-0.2, 0) is 0 Å². The van der Waals surface area contributed by atoms with Crippen molar-refractivity contribution in [3.05, 3.63) is 84.1 Å². The van der Waals surface area contributed by atoms with E-state index < -0.39 is 11.0 Å². The van der Waals surface area contributed by atoms with Gasteiger partial charge in [0.25, 0.3) is 0 Å². The van der Waals surface area contributed by atoms with Crippen molar-refractivity contribution in [2.75, 3.05) is 11.1 Å². The number of alkyl halides is 1. The number of nitrogens with two attached hydrogens (primary N) is 1. The average Bonchev–Trinajstić information content (AvgIpc) is 2.56. The molecule has 0 saturated heterocycles. The van der Waals surface area contributed by atoms with Crippen LogP contribution >= 0.6 is 11.6 Å². The molecule has 2 aromatic carbocycles. The Balaban J connectivity index is 1.82. The van der Waals surface area contributed by atoms with Gasteiger partial charge in [0.1, 0.15) is 0 Å². The summed E-state index contributed by atoms with van der Waals surface area (Å²) in [6, 6.07) is 16.0. The van der Waals surface area contributed by atoms with E-state index in [2.05, 4.69) is 5.32 Å². The van der Waals surface area contributed by atoms with Gasteiger partial charge in [-0.05, 0) is 24.3 Å². The molecular formula is C19H17ClN2O2. The maximum Gasteiger partial charge on any atom is 0.174 e. The van der Waals surface area contributed by atoms with Gasteiger partial charge in [-0.3, -0.25) is 4.79 Å². The Bertz CT molecular complexity index is 813. The molecule has 0 bridgehead atoms.